The van der Waals surface area contributed by atoms with Crippen LogP contribution in [-0.4, -0.2) is 64.0 Å². The minimum atomic E-state index is -0.0586. The van der Waals surface area contributed by atoms with Gasteiger partial charge in [-0.25, -0.2) is 4.68 Å². The van der Waals surface area contributed by atoms with Gasteiger partial charge in [0.05, 0.1) is 12.6 Å². The van der Waals surface area contributed by atoms with E-state index in [0.29, 0.717) is 17.9 Å². The number of benzene rings is 1. The molecule has 2 aromatic rings. The molecule has 3 rings (SSSR count). The van der Waals surface area contributed by atoms with Crippen molar-refractivity contribution in [3.8, 4) is 11.4 Å². The molecular weight excluding hydrogens is 318 g/mol. The summed E-state index contributed by atoms with van der Waals surface area (Å²) in [6.07, 6.45) is 1.81. The number of hydrogen-bond donors (Lipinski definition) is 1. The zero-order valence-corrected chi connectivity index (χ0v) is 15.0. The molecule has 2 heterocycles. The number of aliphatic hydroxyl groups is 1. The number of carbonyl (C=O) groups excluding carboxylic acids is 1. The number of nitrogens with zero attached hydrogens (tertiary/aromatic N) is 5. The third kappa shape index (κ3) is 3.37. The Morgan fingerprint density at radius 1 is 1.32 bits per heavy atom. The highest BCUT2D eigenvalue weighted by atomic mass is 16.3. The highest BCUT2D eigenvalue weighted by Gasteiger charge is 2.28. The van der Waals surface area contributed by atoms with Gasteiger partial charge in [0, 0.05) is 38.3 Å². The highest BCUT2D eigenvalue weighted by molar-refractivity contribution is 5.95. The number of hydrogen-bond acceptors (Lipinski definition) is 5. The minimum Gasteiger partial charge on any atom is -0.394 e. The smallest absolute Gasteiger partial charge is 0.254 e. The summed E-state index contributed by atoms with van der Waals surface area (Å²) in [5, 5.41) is 13.9. The zero-order valence-electron chi connectivity index (χ0n) is 15.0. The molecule has 1 aromatic heterocycles. The van der Waals surface area contributed by atoms with Gasteiger partial charge in [0.2, 0.25) is 5.95 Å². The Balaban J connectivity index is 1.82. The van der Waals surface area contributed by atoms with Crippen LogP contribution < -0.4 is 4.90 Å². The van der Waals surface area contributed by atoms with Crippen LogP contribution in [0.4, 0.5) is 5.95 Å². The van der Waals surface area contributed by atoms with Crippen LogP contribution in [0.1, 0.15) is 30.1 Å². The van der Waals surface area contributed by atoms with E-state index in [0.717, 1.165) is 30.9 Å². The fraction of sp³-hybridized carbons (Fsp3) is 0.500. The summed E-state index contributed by atoms with van der Waals surface area (Å²) in [5.41, 5.74) is 1.51. The predicted octanol–water partition coefficient (Wildman–Crippen LogP) is 1.63. The molecule has 7 heteroatoms. The summed E-state index contributed by atoms with van der Waals surface area (Å²) in [4.78, 5) is 20.9. The summed E-state index contributed by atoms with van der Waals surface area (Å²) in [7, 11) is 3.88. The molecular formula is C18H25N5O2. The second-order valence-electron chi connectivity index (χ2n) is 6.50. The number of aliphatic hydroxyl groups excluding tert-OH is 1. The maximum Gasteiger partial charge on any atom is 0.254 e. The fourth-order valence-electron chi connectivity index (χ4n) is 3.22. The Morgan fingerprint density at radius 3 is 2.60 bits per heavy atom. The first kappa shape index (κ1) is 17.4. The topological polar surface area (TPSA) is 74.5 Å². The summed E-state index contributed by atoms with van der Waals surface area (Å²) in [5.74, 6) is 1.43. The quantitative estimate of drug-likeness (QED) is 0.893. The van der Waals surface area contributed by atoms with Crippen LogP contribution in [-0.2, 0) is 6.54 Å². The van der Waals surface area contributed by atoms with Gasteiger partial charge < -0.3 is 14.9 Å². The fourth-order valence-corrected chi connectivity index (χ4v) is 3.22. The van der Waals surface area contributed by atoms with Crippen LogP contribution in [0.15, 0.2) is 24.3 Å². The number of aromatic nitrogens is 3. The molecule has 0 aliphatic carbocycles. The van der Waals surface area contributed by atoms with Crippen LogP contribution in [0.3, 0.4) is 0 Å². The maximum atomic E-state index is 12.6. The SMILES string of the molecule is CCn1nc(-c2ccc(C(=O)N3CCC[C@H]3CO)cc2)nc1N(C)C. The van der Waals surface area contributed by atoms with Gasteiger partial charge in [-0.05, 0) is 31.9 Å². The molecule has 1 aliphatic rings. The lowest BCUT2D eigenvalue weighted by Gasteiger charge is -2.23. The number of amides is 1. The first-order chi connectivity index (χ1) is 12.0. The normalized spacial score (nSPS) is 17.1. The Morgan fingerprint density at radius 2 is 2.04 bits per heavy atom. The molecule has 0 spiro atoms. The van der Waals surface area contributed by atoms with Crippen molar-refractivity contribution in [1.29, 1.82) is 0 Å². The molecule has 134 valence electrons. The molecule has 0 bridgehead atoms. The molecule has 0 radical (unpaired) electrons. The van der Waals surface area contributed by atoms with Crippen LogP contribution >= 0.6 is 0 Å². The minimum absolute atomic E-state index is 0.0233. The molecule has 1 fully saturated rings. The zero-order chi connectivity index (χ0) is 18.0. The van der Waals surface area contributed by atoms with Crippen LogP contribution in [0.5, 0.6) is 0 Å². The summed E-state index contributed by atoms with van der Waals surface area (Å²) in [6.45, 7) is 3.51. The Labute approximate surface area is 147 Å². The van der Waals surface area contributed by atoms with Gasteiger partial charge in [-0.2, -0.15) is 4.98 Å². The van der Waals surface area contributed by atoms with E-state index in [1.54, 1.807) is 4.90 Å². The van der Waals surface area contributed by atoms with E-state index in [9.17, 15) is 9.90 Å². The van der Waals surface area contributed by atoms with Gasteiger partial charge in [-0.1, -0.05) is 12.1 Å². The van der Waals surface area contributed by atoms with Crippen molar-refractivity contribution in [3.05, 3.63) is 29.8 Å². The average molecular weight is 343 g/mol. The van der Waals surface area contributed by atoms with Crippen molar-refractivity contribution < 1.29 is 9.90 Å². The van der Waals surface area contributed by atoms with Crippen LogP contribution in [0.2, 0.25) is 0 Å². The first-order valence-corrected chi connectivity index (χ1v) is 8.69. The summed E-state index contributed by atoms with van der Waals surface area (Å²) >= 11 is 0. The van der Waals surface area contributed by atoms with Gasteiger partial charge in [-0.3, -0.25) is 4.79 Å². The molecule has 1 saturated heterocycles. The van der Waals surface area contributed by atoms with Gasteiger partial charge in [-0.15, -0.1) is 5.10 Å². The second-order valence-corrected chi connectivity index (χ2v) is 6.50. The standard InChI is InChI=1S/C18H25N5O2/c1-4-23-18(21(2)3)19-16(20-23)13-7-9-14(10-8-13)17(25)22-11-5-6-15(22)12-24/h7-10,15,24H,4-6,11-12H2,1-3H3/t15-/m0/s1. The monoisotopic (exact) mass is 343 g/mol. The lowest BCUT2D eigenvalue weighted by Crippen LogP contribution is -2.37. The van der Waals surface area contributed by atoms with Gasteiger partial charge in [0.1, 0.15) is 0 Å². The number of anilines is 1. The molecule has 0 unspecified atom stereocenters. The van der Waals surface area contributed by atoms with E-state index in [2.05, 4.69) is 10.1 Å². The van der Waals surface area contributed by atoms with E-state index in [1.807, 2.05) is 54.9 Å². The Kier molecular flexibility index (Phi) is 5.03. The second kappa shape index (κ2) is 7.23. The van der Waals surface area contributed by atoms with Crippen LogP contribution in [0.25, 0.3) is 11.4 Å². The molecule has 1 atom stereocenters. The highest BCUT2D eigenvalue weighted by Crippen LogP contribution is 2.23. The van der Waals surface area contributed by atoms with Crippen molar-refractivity contribution >= 4 is 11.9 Å². The van der Waals surface area contributed by atoms with Crippen molar-refractivity contribution in [3.63, 3.8) is 0 Å². The van der Waals surface area contributed by atoms with E-state index in [4.69, 9.17) is 0 Å². The van der Waals surface area contributed by atoms with Crippen LogP contribution in [0, 0.1) is 0 Å². The summed E-state index contributed by atoms with van der Waals surface area (Å²) in [6, 6.07) is 7.33. The third-order valence-corrected chi connectivity index (χ3v) is 4.59. The van der Waals surface area contributed by atoms with Crippen molar-refractivity contribution in [1.82, 2.24) is 19.7 Å². The largest absolute Gasteiger partial charge is 0.394 e. The van der Waals surface area contributed by atoms with Crippen molar-refractivity contribution in [2.24, 2.45) is 0 Å². The lowest BCUT2D eigenvalue weighted by atomic mass is 10.1. The van der Waals surface area contributed by atoms with E-state index in [-0.39, 0.29) is 18.6 Å². The molecule has 1 aromatic carbocycles. The molecule has 25 heavy (non-hydrogen) atoms. The van der Waals surface area contributed by atoms with Gasteiger partial charge >= 0.3 is 0 Å². The number of rotatable bonds is 5. The molecule has 1 N–H and O–H groups in total. The Hall–Kier alpha value is -2.41. The van der Waals surface area contributed by atoms with Crippen molar-refractivity contribution in [2.75, 3.05) is 32.1 Å². The number of likely N-dealkylation sites (tertiary alicyclic amines) is 1. The van der Waals surface area contributed by atoms with Gasteiger partial charge in [0.25, 0.3) is 5.91 Å². The Bertz CT molecular complexity index is 738. The molecule has 0 saturated carbocycles. The van der Waals surface area contributed by atoms with E-state index >= 15 is 0 Å². The molecule has 1 amide bonds. The van der Waals surface area contributed by atoms with E-state index < -0.39 is 0 Å². The maximum absolute atomic E-state index is 12.6. The number of aryl methyl sites for hydroxylation is 1. The average Bonchev–Trinajstić information content (AvgIpc) is 3.27. The molecule has 7 nitrogen and oxygen atoms in total. The first-order valence-electron chi connectivity index (χ1n) is 8.69. The lowest BCUT2D eigenvalue weighted by molar-refractivity contribution is 0.0677. The molecule has 1 aliphatic heterocycles. The van der Waals surface area contributed by atoms with Gasteiger partial charge in [0.15, 0.2) is 5.82 Å². The van der Waals surface area contributed by atoms with Crippen molar-refractivity contribution in [2.45, 2.75) is 32.4 Å². The number of carbonyl (C=O) groups is 1. The van der Waals surface area contributed by atoms with E-state index in [1.165, 1.54) is 0 Å². The predicted molar refractivity (Wildman–Crippen MR) is 96.6 cm³/mol. The summed E-state index contributed by atoms with van der Waals surface area (Å²) < 4.78 is 1.85. The third-order valence-electron chi connectivity index (χ3n) is 4.59.